The predicted octanol–water partition coefficient (Wildman–Crippen LogP) is 4.11. The fourth-order valence-corrected chi connectivity index (χ4v) is 4.84. The van der Waals surface area contributed by atoms with Gasteiger partial charge in [-0.2, -0.15) is 0 Å². The number of aromatic amines is 1. The summed E-state index contributed by atoms with van der Waals surface area (Å²) < 4.78 is 12.1. The van der Waals surface area contributed by atoms with Gasteiger partial charge in [0.05, 0.1) is 0 Å². The maximum Gasteiger partial charge on any atom is 0.438 e. The first kappa shape index (κ1) is 21.4. The SMILES string of the molecule is CCC[C@H](CCOCC)c1ccc2c(c1)cc(C(=O)O)n2[C@@]1(c2noc(=O)[nH]2)C[C@@H]1C. The van der Waals surface area contributed by atoms with E-state index in [2.05, 4.69) is 29.2 Å². The average Bonchev–Trinajstić information content (AvgIpc) is 3.07. The molecule has 0 saturated heterocycles. The van der Waals surface area contributed by atoms with Crippen molar-refractivity contribution in [2.75, 3.05) is 13.2 Å². The lowest BCUT2D eigenvalue weighted by molar-refractivity contribution is 0.0682. The predicted molar refractivity (Wildman–Crippen MR) is 116 cm³/mol. The van der Waals surface area contributed by atoms with Gasteiger partial charge >= 0.3 is 11.7 Å². The quantitative estimate of drug-likeness (QED) is 0.471. The van der Waals surface area contributed by atoms with E-state index in [1.165, 1.54) is 5.56 Å². The lowest BCUT2D eigenvalue weighted by atomic mass is 9.91. The summed E-state index contributed by atoms with van der Waals surface area (Å²) in [6.07, 6.45) is 3.72. The van der Waals surface area contributed by atoms with Crippen molar-refractivity contribution in [3.8, 4) is 0 Å². The number of nitrogens with one attached hydrogen (secondary N) is 1. The molecule has 3 aromatic rings. The van der Waals surface area contributed by atoms with E-state index in [9.17, 15) is 14.7 Å². The van der Waals surface area contributed by atoms with E-state index >= 15 is 0 Å². The summed E-state index contributed by atoms with van der Waals surface area (Å²) in [4.78, 5) is 26.4. The van der Waals surface area contributed by atoms with Crippen LogP contribution in [-0.4, -0.2) is 39.0 Å². The van der Waals surface area contributed by atoms with Crippen LogP contribution in [0.15, 0.2) is 33.6 Å². The molecule has 0 aliphatic heterocycles. The monoisotopic (exact) mass is 427 g/mol. The fourth-order valence-electron chi connectivity index (χ4n) is 4.84. The largest absolute Gasteiger partial charge is 0.477 e. The third kappa shape index (κ3) is 3.69. The molecule has 0 spiro atoms. The Hall–Kier alpha value is -2.87. The molecule has 0 amide bonds. The molecule has 166 valence electrons. The number of hydrogen-bond donors (Lipinski definition) is 2. The molecule has 3 atom stereocenters. The number of H-pyrrole nitrogens is 1. The van der Waals surface area contributed by atoms with Crippen molar-refractivity contribution in [1.29, 1.82) is 0 Å². The van der Waals surface area contributed by atoms with Gasteiger partial charge in [-0.25, -0.2) is 9.59 Å². The summed E-state index contributed by atoms with van der Waals surface area (Å²) in [6.45, 7) is 7.59. The van der Waals surface area contributed by atoms with E-state index in [0.29, 0.717) is 31.4 Å². The minimum atomic E-state index is -1.01. The highest BCUT2D eigenvalue weighted by Crippen LogP contribution is 2.55. The summed E-state index contributed by atoms with van der Waals surface area (Å²) in [7, 11) is 0. The number of benzene rings is 1. The van der Waals surface area contributed by atoms with Gasteiger partial charge in [0.1, 0.15) is 11.2 Å². The Balaban J connectivity index is 1.81. The van der Waals surface area contributed by atoms with Crippen LogP contribution < -0.4 is 5.76 Å². The molecule has 2 N–H and O–H groups in total. The first-order valence-corrected chi connectivity index (χ1v) is 11.0. The lowest BCUT2D eigenvalue weighted by Crippen LogP contribution is -2.26. The van der Waals surface area contributed by atoms with Gasteiger partial charge in [0.25, 0.3) is 0 Å². The standard InChI is InChI=1S/C23H29N3O5/c1-4-6-15(9-10-30-5-2)16-7-8-18-17(11-16)12-19(20(27)28)26(18)23(13-14(23)3)21-24-22(29)31-25-21/h7-8,11-12,14-15H,4-6,9-10,13H2,1-3H3,(H,27,28)(H,24,25,29)/t14-,15+,23-/m0/s1. The van der Waals surface area contributed by atoms with Crippen molar-refractivity contribution >= 4 is 16.9 Å². The van der Waals surface area contributed by atoms with Crippen molar-refractivity contribution in [1.82, 2.24) is 14.7 Å². The summed E-state index contributed by atoms with van der Waals surface area (Å²) in [5.74, 6) is -0.807. The average molecular weight is 428 g/mol. The molecule has 1 saturated carbocycles. The summed E-state index contributed by atoms with van der Waals surface area (Å²) in [5, 5.41) is 14.7. The van der Waals surface area contributed by atoms with E-state index in [0.717, 1.165) is 30.2 Å². The van der Waals surface area contributed by atoms with Gasteiger partial charge in [0, 0.05) is 24.1 Å². The molecule has 0 unspecified atom stereocenters. The molecule has 0 bridgehead atoms. The third-order valence-electron chi connectivity index (χ3n) is 6.49. The van der Waals surface area contributed by atoms with Crippen molar-refractivity contribution in [3.05, 3.63) is 51.9 Å². The number of carboxylic acids is 1. The van der Waals surface area contributed by atoms with Crippen LogP contribution in [0.1, 0.15) is 74.2 Å². The maximum absolute atomic E-state index is 12.2. The second-order valence-corrected chi connectivity index (χ2v) is 8.43. The second-order valence-electron chi connectivity index (χ2n) is 8.43. The van der Waals surface area contributed by atoms with Crippen LogP contribution in [0.4, 0.5) is 0 Å². The number of hydrogen-bond acceptors (Lipinski definition) is 5. The fraction of sp³-hybridized carbons (Fsp3) is 0.522. The Bertz CT molecular complexity index is 1140. The van der Waals surface area contributed by atoms with E-state index in [1.54, 1.807) is 6.07 Å². The third-order valence-corrected chi connectivity index (χ3v) is 6.49. The summed E-state index contributed by atoms with van der Waals surface area (Å²) >= 11 is 0. The van der Waals surface area contributed by atoms with Crippen LogP contribution in [0.3, 0.4) is 0 Å². The molecule has 1 aliphatic carbocycles. The van der Waals surface area contributed by atoms with Gasteiger partial charge in [-0.05, 0) is 61.8 Å². The van der Waals surface area contributed by atoms with E-state index in [4.69, 9.17) is 9.26 Å². The highest BCUT2D eigenvalue weighted by Gasteiger charge is 2.59. The maximum atomic E-state index is 12.2. The molecule has 2 heterocycles. The molecule has 1 fully saturated rings. The Kier molecular flexibility index (Phi) is 5.75. The van der Waals surface area contributed by atoms with Gasteiger partial charge < -0.3 is 14.4 Å². The van der Waals surface area contributed by atoms with E-state index in [-0.39, 0.29) is 11.6 Å². The number of rotatable bonds is 10. The lowest BCUT2D eigenvalue weighted by Gasteiger charge is -2.20. The number of carboxylic acid groups (broad SMARTS) is 1. The van der Waals surface area contributed by atoms with Gasteiger partial charge in [-0.3, -0.25) is 9.51 Å². The Morgan fingerprint density at radius 1 is 1.39 bits per heavy atom. The van der Waals surface area contributed by atoms with Crippen molar-refractivity contribution in [2.45, 2.75) is 57.9 Å². The van der Waals surface area contributed by atoms with Gasteiger partial charge in [0.2, 0.25) is 0 Å². The highest BCUT2D eigenvalue weighted by atomic mass is 16.5. The molecule has 4 rings (SSSR count). The van der Waals surface area contributed by atoms with E-state index in [1.807, 2.05) is 24.5 Å². The molecule has 0 radical (unpaired) electrons. The Labute approximate surface area is 180 Å². The summed E-state index contributed by atoms with van der Waals surface area (Å²) in [6, 6.07) is 7.89. The van der Waals surface area contributed by atoms with Crippen LogP contribution in [-0.2, 0) is 10.3 Å². The molecule has 1 aliphatic rings. The number of aromatic carboxylic acids is 1. The zero-order valence-electron chi connectivity index (χ0n) is 18.2. The number of nitrogens with zero attached hydrogens (tertiary/aromatic N) is 2. The number of carbonyl (C=O) groups is 1. The zero-order chi connectivity index (χ0) is 22.2. The van der Waals surface area contributed by atoms with Crippen LogP contribution in [0.5, 0.6) is 0 Å². The topological polar surface area (TPSA) is 110 Å². The van der Waals surface area contributed by atoms with Gasteiger partial charge in [0.15, 0.2) is 5.82 Å². The summed E-state index contributed by atoms with van der Waals surface area (Å²) in [5.41, 5.74) is 1.47. The minimum absolute atomic E-state index is 0.112. The molecular formula is C23H29N3O5. The molecule has 2 aromatic heterocycles. The first-order chi connectivity index (χ1) is 14.9. The van der Waals surface area contributed by atoms with Gasteiger partial charge in [-0.15, -0.1) is 0 Å². The number of fused-ring (bicyclic) bond motifs is 1. The van der Waals surface area contributed by atoms with E-state index < -0.39 is 17.3 Å². The van der Waals surface area contributed by atoms with Crippen molar-refractivity contribution in [2.24, 2.45) is 5.92 Å². The highest BCUT2D eigenvalue weighted by molar-refractivity contribution is 5.95. The number of ether oxygens (including phenoxy) is 1. The molecule has 8 heteroatoms. The normalized spacial score (nSPS) is 21.5. The Morgan fingerprint density at radius 3 is 2.74 bits per heavy atom. The van der Waals surface area contributed by atoms with Crippen LogP contribution in [0.2, 0.25) is 0 Å². The van der Waals surface area contributed by atoms with Crippen LogP contribution in [0.25, 0.3) is 10.9 Å². The van der Waals surface area contributed by atoms with Gasteiger partial charge in [-0.1, -0.05) is 31.5 Å². The Morgan fingerprint density at radius 2 is 2.16 bits per heavy atom. The molecule has 1 aromatic carbocycles. The van der Waals surface area contributed by atoms with Crippen LogP contribution >= 0.6 is 0 Å². The van der Waals surface area contributed by atoms with Crippen molar-refractivity contribution in [3.63, 3.8) is 0 Å². The van der Waals surface area contributed by atoms with Crippen molar-refractivity contribution < 1.29 is 19.2 Å². The molecular weight excluding hydrogens is 398 g/mol. The molecule has 31 heavy (non-hydrogen) atoms. The zero-order valence-corrected chi connectivity index (χ0v) is 18.2. The van der Waals surface area contributed by atoms with Crippen LogP contribution in [0, 0.1) is 5.92 Å². The molecule has 8 nitrogen and oxygen atoms in total. The first-order valence-electron chi connectivity index (χ1n) is 11.0. The minimum Gasteiger partial charge on any atom is -0.477 e. The smallest absolute Gasteiger partial charge is 0.438 e. The second kappa shape index (κ2) is 8.34. The number of aromatic nitrogens is 3.